The van der Waals surface area contributed by atoms with E-state index >= 15 is 0 Å². The summed E-state index contributed by atoms with van der Waals surface area (Å²) in [6.07, 6.45) is 2.64. The maximum absolute atomic E-state index is 12.2. The van der Waals surface area contributed by atoms with Gasteiger partial charge >= 0.3 is 5.97 Å². The Labute approximate surface area is 121 Å². The third-order valence-corrected chi connectivity index (χ3v) is 3.37. The summed E-state index contributed by atoms with van der Waals surface area (Å²) in [5.41, 5.74) is 0.499. The number of aromatic nitrogens is 1. The Bertz CT molecular complexity index is 484. The largest absolute Gasteiger partial charge is 0.480 e. The van der Waals surface area contributed by atoms with Gasteiger partial charge in [0.1, 0.15) is 11.8 Å². The first-order chi connectivity index (χ1) is 9.56. The summed E-state index contributed by atoms with van der Waals surface area (Å²) >= 11 is 5.68. The molecule has 0 unspecified atom stereocenters. The first kappa shape index (κ1) is 14.7. The molecule has 1 aliphatic heterocycles. The summed E-state index contributed by atoms with van der Waals surface area (Å²) in [4.78, 5) is 28.2. The first-order valence-electron chi connectivity index (χ1n) is 6.30. The zero-order chi connectivity index (χ0) is 14.5. The summed E-state index contributed by atoms with van der Waals surface area (Å²) in [5.74, 6) is -1.07. The lowest BCUT2D eigenvalue weighted by Gasteiger charge is -2.31. The molecule has 1 saturated heterocycles. The van der Waals surface area contributed by atoms with Crippen LogP contribution in [0.1, 0.15) is 23.2 Å². The van der Waals surface area contributed by atoms with Crippen molar-refractivity contribution < 1.29 is 19.4 Å². The normalized spacial score (nSPS) is 16.1. The second-order valence-electron chi connectivity index (χ2n) is 4.57. The molecule has 0 atom stereocenters. The van der Waals surface area contributed by atoms with E-state index < -0.39 is 5.97 Å². The Morgan fingerprint density at radius 2 is 2.10 bits per heavy atom. The van der Waals surface area contributed by atoms with E-state index in [9.17, 15) is 9.59 Å². The van der Waals surface area contributed by atoms with Crippen LogP contribution in [0.25, 0.3) is 0 Å². The van der Waals surface area contributed by atoms with Gasteiger partial charge in [-0.1, -0.05) is 11.6 Å². The van der Waals surface area contributed by atoms with E-state index in [1.54, 1.807) is 17.0 Å². The van der Waals surface area contributed by atoms with E-state index in [1.807, 2.05) is 0 Å². The van der Waals surface area contributed by atoms with Crippen LogP contribution in [0.2, 0.25) is 5.15 Å². The summed E-state index contributed by atoms with van der Waals surface area (Å²) in [7, 11) is 0. The molecule has 108 valence electrons. The minimum atomic E-state index is -0.976. The van der Waals surface area contributed by atoms with E-state index in [0.29, 0.717) is 36.6 Å². The van der Waals surface area contributed by atoms with Crippen molar-refractivity contribution in [3.8, 4) is 0 Å². The zero-order valence-corrected chi connectivity index (χ0v) is 11.5. The fourth-order valence-corrected chi connectivity index (χ4v) is 2.21. The highest BCUT2D eigenvalue weighted by atomic mass is 35.5. The Hall–Kier alpha value is -1.66. The van der Waals surface area contributed by atoms with Gasteiger partial charge in [0, 0.05) is 19.3 Å². The average molecular weight is 299 g/mol. The third-order valence-electron chi connectivity index (χ3n) is 3.15. The number of likely N-dealkylation sites (tertiary alicyclic amines) is 1. The van der Waals surface area contributed by atoms with Gasteiger partial charge in [0.15, 0.2) is 0 Å². The molecule has 0 radical (unpaired) electrons. The highest BCUT2D eigenvalue weighted by Crippen LogP contribution is 2.16. The second kappa shape index (κ2) is 6.67. The van der Waals surface area contributed by atoms with Gasteiger partial charge in [-0.05, 0) is 25.0 Å². The van der Waals surface area contributed by atoms with E-state index in [-0.39, 0.29) is 18.6 Å². The number of carboxylic acid groups (broad SMARTS) is 1. The van der Waals surface area contributed by atoms with Crippen molar-refractivity contribution in [3.05, 3.63) is 29.0 Å². The van der Waals surface area contributed by atoms with E-state index in [0.717, 1.165) is 0 Å². The molecule has 0 spiro atoms. The number of aliphatic carboxylic acids is 1. The van der Waals surface area contributed by atoms with Crippen LogP contribution in [0.3, 0.4) is 0 Å². The molecule has 1 aliphatic rings. The standard InChI is InChI=1S/C13H15ClN2O4/c14-11-2-1-9(7-15-11)13(19)16-5-3-10(4-6-16)20-8-12(17)18/h1-2,7,10H,3-6,8H2,(H,17,18). The van der Waals surface area contributed by atoms with Crippen molar-refractivity contribution in [1.29, 1.82) is 0 Å². The number of nitrogens with zero attached hydrogens (tertiary/aromatic N) is 2. The van der Waals surface area contributed by atoms with Crippen LogP contribution in [0.15, 0.2) is 18.3 Å². The second-order valence-corrected chi connectivity index (χ2v) is 4.95. The minimum absolute atomic E-state index is 0.0918. The Balaban J connectivity index is 1.85. The van der Waals surface area contributed by atoms with Gasteiger partial charge in [-0.2, -0.15) is 0 Å². The number of halogens is 1. The van der Waals surface area contributed by atoms with Crippen LogP contribution in [-0.2, 0) is 9.53 Å². The zero-order valence-electron chi connectivity index (χ0n) is 10.8. The number of carboxylic acids is 1. The molecular weight excluding hydrogens is 284 g/mol. The number of rotatable bonds is 4. The fraction of sp³-hybridized carbons (Fsp3) is 0.462. The topological polar surface area (TPSA) is 79.7 Å². The van der Waals surface area contributed by atoms with Gasteiger partial charge < -0.3 is 14.7 Å². The number of hydrogen-bond acceptors (Lipinski definition) is 4. The van der Waals surface area contributed by atoms with Crippen molar-refractivity contribution in [2.24, 2.45) is 0 Å². The fourth-order valence-electron chi connectivity index (χ4n) is 2.10. The van der Waals surface area contributed by atoms with Crippen LogP contribution < -0.4 is 0 Å². The predicted molar refractivity (Wildman–Crippen MR) is 71.8 cm³/mol. The molecule has 2 heterocycles. The summed E-state index contributed by atoms with van der Waals surface area (Å²) in [6.45, 7) is 0.803. The highest BCUT2D eigenvalue weighted by molar-refractivity contribution is 6.29. The van der Waals surface area contributed by atoms with Gasteiger partial charge in [0.05, 0.1) is 11.7 Å². The minimum Gasteiger partial charge on any atom is -0.480 e. The summed E-state index contributed by atoms with van der Waals surface area (Å²) in [6, 6.07) is 3.22. The molecule has 20 heavy (non-hydrogen) atoms. The van der Waals surface area contributed by atoms with Crippen molar-refractivity contribution >= 4 is 23.5 Å². The van der Waals surface area contributed by atoms with E-state index in [2.05, 4.69) is 4.98 Å². The van der Waals surface area contributed by atoms with Gasteiger partial charge in [0.2, 0.25) is 0 Å². The molecule has 1 amide bonds. The Kier molecular flexibility index (Phi) is 4.92. The molecule has 7 heteroatoms. The number of hydrogen-bond donors (Lipinski definition) is 1. The average Bonchev–Trinajstić information content (AvgIpc) is 2.46. The third kappa shape index (κ3) is 3.91. The van der Waals surface area contributed by atoms with Crippen molar-refractivity contribution in [3.63, 3.8) is 0 Å². The summed E-state index contributed by atoms with van der Waals surface area (Å²) < 4.78 is 5.23. The quantitative estimate of drug-likeness (QED) is 0.851. The number of amides is 1. The molecular formula is C13H15ClN2O4. The lowest BCUT2D eigenvalue weighted by atomic mass is 10.1. The molecule has 1 N–H and O–H groups in total. The van der Waals surface area contributed by atoms with Gasteiger partial charge in [-0.15, -0.1) is 0 Å². The summed E-state index contributed by atoms with van der Waals surface area (Å²) in [5, 5.41) is 8.90. The maximum Gasteiger partial charge on any atom is 0.329 e. The van der Waals surface area contributed by atoms with Crippen LogP contribution in [0, 0.1) is 0 Å². The maximum atomic E-state index is 12.2. The molecule has 0 saturated carbocycles. The molecule has 0 aliphatic carbocycles. The molecule has 0 bridgehead atoms. The smallest absolute Gasteiger partial charge is 0.329 e. The molecule has 1 aromatic heterocycles. The molecule has 2 rings (SSSR count). The molecule has 1 fully saturated rings. The van der Waals surface area contributed by atoms with Crippen LogP contribution >= 0.6 is 11.6 Å². The van der Waals surface area contributed by atoms with Crippen LogP contribution in [0.4, 0.5) is 0 Å². The Morgan fingerprint density at radius 3 is 2.65 bits per heavy atom. The molecule has 6 nitrogen and oxygen atoms in total. The SMILES string of the molecule is O=C(O)COC1CCN(C(=O)c2ccc(Cl)nc2)CC1. The Morgan fingerprint density at radius 1 is 1.40 bits per heavy atom. The lowest BCUT2D eigenvalue weighted by Crippen LogP contribution is -2.41. The number of piperidine rings is 1. The highest BCUT2D eigenvalue weighted by Gasteiger charge is 2.24. The van der Waals surface area contributed by atoms with Gasteiger partial charge in [0.25, 0.3) is 5.91 Å². The lowest BCUT2D eigenvalue weighted by molar-refractivity contribution is -0.145. The molecule has 1 aromatic rings. The van der Waals surface area contributed by atoms with E-state index in [1.165, 1.54) is 6.20 Å². The van der Waals surface area contributed by atoms with Gasteiger partial charge in [-0.25, -0.2) is 9.78 Å². The first-order valence-corrected chi connectivity index (χ1v) is 6.68. The number of ether oxygens (including phenoxy) is 1. The van der Waals surface area contributed by atoms with Crippen LogP contribution in [-0.4, -0.2) is 52.7 Å². The van der Waals surface area contributed by atoms with Crippen molar-refractivity contribution in [2.45, 2.75) is 18.9 Å². The van der Waals surface area contributed by atoms with Crippen molar-refractivity contribution in [2.75, 3.05) is 19.7 Å². The number of carbonyl (C=O) groups is 2. The van der Waals surface area contributed by atoms with Crippen LogP contribution in [0.5, 0.6) is 0 Å². The number of pyridine rings is 1. The number of carbonyl (C=O) groups excluding carboxylic acids is 1. The monoisotopic (exact) mass is 298 g/mol. The van der Waals surface area contributed by atoms with Crippen molar-refractivity contribution in [1.82, 2.24) is 9.88 Å². The van der Waals surface area contributed by atoms with Gasteiger partial charge in [-0.3, -0.25) is 4.79 Å². The molecule has 0 aromatic carbocycles. The van der Waals surface area contributed by atoms with E-state index in [4.69, 9.17) is 21.4 Å². The predicted octanol–water partition coefficient (Wildman–Crippen LogP) is 1.44.